The van der Waals surface area contributed by atoms with Gasteiger partial charge in [-0.3, -0.25) is 0 Å². The van der Waals surface area contributed by atoms with Gasteiger partial charge in [-0.2, -0.15) is 0 Å². The van der Waals surface area contributed by atoms with E-state index in [-0.39, 0.29) is 6.04 Å². The van der Waals surface area contributed by atoms with E-state index in [1.165, 1.54) is 6.42 Å². The van der Waals surface area contributed by atoms with Crippen molar-refractivity contribution in [2.75, 3.05) is 7.11 Å². The summed E-state index contributed by atoms with van der Waals surface area (Å²) in [4.78, 5) is 0. The third kappa shape index (κ3) is 2.60. The summed E-state index contributed by atoms with van der Waals surface area (Å²) < 4.78 is 11.3. The molecule has 0 amide bonds. The van der Waals surface area contributed by atoms with Gasteiger partial charge in [0.15, 0.2) is 0 Å². The largest absolute Gasteiger partial charge is 0.496 e. The highest BCUT2D eigenvalue weighted by molar-refractivity contribution is 6.30. The van der Waals surface area contributed by atoms with Gasteiger partial charge >= 0.3 is 0 Å². The molecule has 2 saturated heterocycles. The summed E-state index contributed by atoms with van der Waals surface area (Å²) in [5.74, 6) is 1.34. The summed E-state index contributed by atoms with van der Waals surface area (Å²) in [6.07, 6.45) is 5.08. The van der Waals surface area contributed by atoms with Crippen molar-refractivity contribution in [1.29, 1.82) is 0 Å². The minimum Gasteiger partial charge on any atom is -0.496 e. The summed E-state index contributed by atoms with van der Waals surface area (Å²) in [6.45, 7) is 0. The first-order chi connectivity index (χ1) is 9.17. The van der Waals surface area contributed by atoms with E-state index < -0.39 is 0 Å². The molecule has 104 valence electrons. The van der Waals surface area contributed by atoms with Crippen LogP contribution < -0.4 is 10.5 Å². The molecule has 4 heteroatoms. The third-order valence-electron chi connectivity index (χ3n) is 4.40. The van der Waals surface area contributed by atoms with E-state index in [1.54, 1.807) is 7.11 Å². The summed E-state index contributed by atoms with van der Waals surface area (Å²) in [5.41, 5.74) is 7.48. The first-order valence-corrected chi connectivity index (χ1v) is 7.28. The van der Waals surface area contributed by atoms with Crippen LogP contribution in [0.3, 0.4) is 0 Å². The van der Waals surface area contributed by atoms with Gasteiger partial charge in [0.25, 0.3) is 0 Å². The lowest BCUT2D eigenvalue weighted by Gasteiger charge is -2.25. The van der Waals surface area contributed by atoms with Gasteiger partial charge in [-0.15, -0.1) is 0 Å². The van der Waals surface area contributed by atoms with Crippen molar-refractivity contribution in [2.24, 2.45) is 11.7 Å². The number of fused-ring (bicyclic) bond motifs is 2. The normalized spacial score (nSPS) is 30.6. The Kier molecular flexibility index (Phi) is 3.70. The van der Waals surface area contributed by atoms with Gasteiger partial charge in [0.1, 0.15) is 5.75 Å². The van der Waals surface area contributed by atoms with Crippen LogP contribution in [-0.4, -0.2) is 25.4 Å². The molecule has 0 aliphatic carbocycles. The molecule has 2 aliphatic rings. The maximum atomic E-state index is 6.39. The predicted molar refractivity (Wildman–Crippen MR) is 75.7 cm³/mol. The Hall–Kier alpha value is -0.770. The molecule has 3 nitrogen and oxygen atoms in total. The van der Waals surface area contributed by atoms with Crippen molar-refractivity contribution >= 4 is 11.6 Å². The van der Waals surface area contributed by atoms with Crippen LogP contribution in [0.2, 0.25) is 5.02 Å². The number of benzene rings is 1. The number of halogens is 1. The summed E-state index contributed by atoms with van der Waals surface area (Å²) in [6, 6.07) is 5.81. The number of hydrogen-bond donors (Lipinski definition) is 1. The van der Waals surface area contributed by atoms with Crippen molar-refractivity contribution < 1.29 is 9.47 Å². The van der Waals surface area contributed by atoms with Crippen molar-refractivity contribution in [2.45, 2.75) is 43.9 Å². The van der Waals surface area contributed by atoms with E-state index in [2.05, 4.69) is 0 Å². The topological polar surface area (TPSA) is 44.5 Å². The van der Waals surface area contributed by atoms with Crippen LogP contribution in [-0.2, 0) is 11.2 Å². The first-order valence-electron chi connectivity index (χ1n) is 6.91. The Labute approximate surface area is 119 Å². The van der Waals surface area contributed by atoms with Gasteiger partial charge in [0.05, 0.1) is 19.3 Å². The molecule has 4 atom stereocenters. The summed E-state index contributed by atoms with van der Waals surface area (Å²) in [7, 11) is 1.68. The summed E-state index contributed by atoms with van der Waals surface area (Å²) >= 11 is 6.06. The molecular formula is C15H20ClNO2. The zero-order valence-corrected chi connectivity index (χ0v) is 11.9. The van der Waals surface area contributed by atoms with Crippen LogP contribution in [0, 0.1) is 5.92 Å². The van der Waals surface area contributed by atoms with Crippen molar-refractivity contribution in [3.05, 3.63) is 28.8 Å². The minimum absolute atomic E-state index is 0.114. The van der Waals surface area contributed by atoms with Crippen molar-refractivity contribution in [3.8, 4) is 5.75 Å². The number of methoxy groups -OCH3 is 1. The second kappa shape index (κ2) is 5.31. The first kappa shape index (κ1) is 13.2. The minimum atomic E-state index is 0.114. The standard InChI is InChI=1S/C15H20ClNO2/c1-18-14-4-2-10(16)6-9(14)7-13(17)12-8-11-3-5-15(12)19-11/h2,4,6,11-13,15H,3,5,7-8,17H2,1H3. The molecule has 3 rings (SSSR count). The monoisotopic (exact) mass is 281 g/mol. The maximum Gasteiger partial charge on any atom is 0.122 e. The highest BCUT2D eigenvalue weighted by Gasteiger charge is 2.43. The molecule has 2 fully saturated rings. The fraction of sp³-hybridized carbons (Fsp3) is 0.600. The van der Waals surface area contributed by atoms with E-state index in [0.717, 1.165) is 35.6 Å². The van der Waals surface area contributed by atoms with Crippen molar-refractivity contribution in [3.63, 3.8) is 0 Å². The lowest BCUT2D eigenvalue weighted by Crippen LogP contribution is -2.38. The van der Waals surface area contributed by atoms with E-state index in [9.17, 15) is 0 Å². The number of hydrogen-bond acceptors (Lipinski definition) is 3. The maximum absolute atomic E-state index is 6.39. The smallest absolute Gasteiger partial charge is 0.122 e. The Bertz CT molecular complexity index is 465. The fourth-order valence-electron chi connectivity index (χ4n) is 3.44. The Morgan fingerprint density at radius 1 is 1.47 bits per heavy atom. The van der Waals surface area contributed by atoms with Gasteiger partial charge in [0.2, 0.25) is 0 Å². The average Bonchev–Trinajstić information content (AvgIpc) is 3.01. The lowest BCUT2D eigenvalue weighted by atomic mass is 9.82. The highest BCUT2D eigenvalue weighted by atomic mass is 35.5. The van der Waals surface area contributed by atoms with Crippen LogP contribution in [0.5, 0.6) is 5.75 Å². The van der Waals surface area contributed by atoms with Gasteiger partial charge in [0, 0.05) is 17.0 Å². The van der Waals surface area contributed by atoms with Gasteiger partial charge in [-0.1, -0.05) is 11.6 Å². The quantitative estimate of drug-likeness (QED) is 0.923. The van der Waals surface area contributed by atoms with E-state index >= 15 is 0 Å². The molecule has 0 radical (unpaired) electrons. The lowest BCUT2D eigenvalue weighted by molar-refractivity contribution is 0.0884. The van der Waals surface area contributed by atoms with Gasteiger partial charge in [-0.25, -0.2) is 0 Å². The predicted octanol–water partition coefficient (Wildman–Crippen LogP) is 2.79. The zero-order chi connectivity index (χ0) is 13.4. The third-order valence-corrected chi connectivity index (χ3v) is 4.64. The van der Waals surface area contributed by atoms with Gasteiger partial charge < -0.3 is 15.2 Å². The van der Waals surface area contributed by atoms with Crippen LogP contribution >= 0.6 is 11.6 Å². The SMILES string of the molecule is COc1ccc(Cl)cc1CC(N)C1CC2CCC1O2. The summed E-state index contributed by atoms with van der Waals surface area (Å²) in [5, 5.41) is 0.729. The Morgan fingerprint density at radius 2 is 2.32 bits per heavy atom. The second-order valence-corrected chi connectivity index (χ2v) is 6.03. The molecule has 19 heavy (non-hydrogen) atoms. The highest BCUT2D eigenvalue weighted by Crippen LogP contribution is 2.41. The second-order valence-electron chi connectivity index (χ2n) is 5.60. The molecule has 1 aromatic rings. The molecule has 2 aliphatic heterocycles. The fourth-order valence-corrected chi connectivity index (χ4v) is 3.63. The van der Waals surface area contributed by atoms with E-state index in [1.807, 2.05) is 18.2 Å². The Morgan fingerprint density at radius 3 is 2.95 bits per heavy atom. The van der Waals surface area contributed by atoms with Gasteiger partial charge in [-0.05, 0) is 49.4 Å². The number of ether oxygens (including phenoxy) is 2. The molecule has 2 bridgehead atoms. The molecule has 1 aromatic carbocycles. The van der Waals surface area contributed by atoms with E-state index in [0.29, 0.717) is 18.1 Å². The molecule has 2 N–H and O–H groups in total. The molecule has 0 aromatic heterocycles. The average molecular weight is 282 g/mol. The van der Waals surface area contributed by atoms with Crippen LogP contribution in [0.25, 0.3) is 0 Å². The molecular weight excluding hydrogens is 262 g/mol. The molecule has 4 unspecified atom stereocenters. The van der Waals surface area contributed by atoms with E-state index in [4.69, 9.17) is 26.8 Å². The number of nitrogens with two attached hydrogens (primary N) is 1. The molecule has 2 heterocycles. The molecule has 0 saturated carbocycles. The van der Waals surface area contributed by atoms with Crippen molar-refractivity contribution in [1.82, 2.24) is 0 Å². The van der Waals surface area contributed by atoms with Crippen LogP contribution in [0.15, 0.2) is 18.2 Å². The van der Waals surface area contributed by atoms with Crippen LogP contribution in [0.1, 0.15) is 24.8 Å². The number of rotatable bonds is 4. The molecule has 0 spiro atoms. The van der Waals surface area contributed by atoms with Crippen LogP contribution in [0.4, 0.5) is 0 Å². The zero-order valence-electron chi connectivity index (χ0n) is 11.1. The Balaban J connectivity index is 1.72.